The van der Waals surface area contributed by atoms with Crippen molar-refractivity contribution in [2.75, 3.05) is 0 Å². The fourth-order valence-electron chi connectivity index (χ4n) is 3.96. The Morgan fingerprint density at radius 2 is 2.06 bits per heavy atom. The lowest BCUT2D eigenvalue weighted by atomic mass is 10.0. The highest BCUT2D eigenvalue weighted by Crippen LogP contribution is 2.36. The molecule has 5 aromatic heterocycles. The molecule has 6 nitrogen and oxygen atoms in total. The van der Waals surface area contributed by atoms with Crippen LogP contribution in [0.25, 0.3) is 39.1 Å². The summed E-state index contributed by atoms with van der Waals surface area (Å²) in [4.78, 5) is 13.4. The van der Waals surface area contributed by atoms with Gasteiger partial charge in [0.05, 0.1) is 29.3 Å². The first kappa shape index (κ1) is 17.9. The molecule has 150 valence electrons. The lowest BCUT2D eigenvalue weighted by Gasteiger charge is -2.03. The van der Waals surface area contributed by atoms with Crippen LogP contribution in [0.3, 0.4) is 0 Å². The van der Waals surface area contributed by atoms with Gasteiger partial charge in [-0.2, -0.15) is 5.10 Å². The van der Waals surface area contributed by atoms with Gasteiger partial charge >= 0.3 is 0 Å². The predicted molar refractivity (Wildman–Crippen MR) is 123 cm³/mol. The second-order valence-electron chi connectivity index (χ2n) is 7.38. The fraction of sp³-hybridized carbons (Fsp3) is 0.0417. The van der Waals surface area contributed by atoms with E-state index in [4.69, 9.17) is 0 Å². The van der Waals surface area contributed by atoms with E-state index in [9.17, 15) is 5.11 Å². The smallest absolute Gasteiger partial charge is 0.134 e. The van der Waals surface area contributed by atoms with Crippen LogP contribution in [0.15, 0.2) is 72.5 Å². The number of aromatic hydroxyl groups is 1. The molecule has 5 aromatic rings. The maximum absolute atomic E-state index is 9.78. The van der Waals surface area contributed by atoms with Crippen molar-refractivity contribution in [2.45, 2.75) is 6.42 Å². The molecular weight excluding hydrogens is 406 g/mol. The fourth-order valence-corrected chi connectivity index (χ4v) is 4.73. The number of fused-ring (bicyclic) bond motifs is 2. The Morgan fingerprint density at radius 1 is 1.10 bits per heavy atom. The Kier molecular flexibility index (Phi) is 4.07. The molecule has 0 saturated carbocycles. The zero-order valence-electron chi connectivity index (χ0n) is 16.3. The number of aromatic amines is 2. The summed E-state index contributed by atoms with van der Waals surface area (Å²) in [6, 6.07) is 10.0. The molecule has 0 unspecified atom stereocenters. The van der Waals surface area contributed by atoms with Crippen LogP contribution in [0.4, 0.5) is 0 Å². The van der Waals surface area contributed by atoms with E-state index in [1.54, 1.807) is 29.8 Å². The SMILES string of the molecule is Oc1cncc(-c2cc3c(-c4cc5c([nH]4)CC=CC=C5c4cccs4)n[nH]c3cn2)c1. The van der Waals surface area contributed by atoms with Crippen molar-refractivity contribution in [1.82, 2.24) is 25.1 Å². The lowest BCUT2D eigenvalue weighted by Crippen LogP contribution is -1.88. The maximum atomic E-state index is 9.78. The molecule has 0 amide bonds. The Morgan fingerprint density at radius 3 is 2.94 bits per heavy atom. The number of allylic oxidation sites excluding steroid dienone is 3. The first-order chi connectivity index (χ1) is 15.3. The number of pyridine rings is 2. The van der Waals surface area contributed by atoms with Gasteiger partial charge in [-0.1, -0.05) is 24.3 Å². The zero-order chi connectivity index (χ0) is 20.8. The van der Waals surface area contributed by atoms with E-state index < -0.39 is 0 Å². The first-order valence-corrected chi connectivity index (χ1v) is 10.8. The van der Waals surface area contributed by atoms with Gasteiger partial charge in [-0.25, -0.2) is 0 Å². The number of hydrogen-bond donors (Lipinski definition) is 3. The molecule has 0 aromatic carbocycles. The quantitative estimate of drug-likeness (QED) is 0.366. The van der Waals surface area contributed by atoms with Gasteiger partial charge < -0.3 is 10.1 Å². The van der Waals surface area contributed by atoms with Crippen molar-refractivity contribution in [3.63, 3.8) is 0 Å². The summed E-state index contributed by atoms with van der Waals surface area (Å²) < 4.78 is 0. The van der Waals surface area contributed by atoms with Crippen molar-refractivity contribution < 1.29 is 5.11 Å². The third-order valence-electron chi connectivity index (χ3n) is 5.42. The molecule has 5 heterocycles. The minimum Gasteiger partial charge on any atom is -0.506 e. The standard InChI is InChI=1S/C24H17N5OS/c30-15-8-14(11-25-12-15)20-10-18-22(13-26-20)28-29-24(18)21-9-17-16(23-6-3-7-31-23)4-1-2-5-19(17)27-21/h1-4,6-13,27,30H,5H2,(H,28,29). The summed E-state index contributed by atoms with van der Waals surface area (Å²) in [5.74, 6) is 0.112. The molecule has 0 bridgehead atoms. The molecule has 0 radical (unpaired) electrons. The van der Waals surface area contributed by atoms with Gasteiger partial charge in [0.1, 0.15) is 11.4 Å². The van der Waals surface area contributed by atoms with E-state index in [1.807, 2.05) is 6.07 Å². The highest BCUT2D eigenvalue weighted by Gasteiger charge is 2.19. The van der Waals surface area contributed by atoms with E-state index in [2.05, 4.69) is 67.0 Å². The largest absolute Gasteiger partial charge is 0.506 e. The second kappa shape index (κ2) is 7.07. The normalized spacial score (nSPS) is 13.2. The van der Waals surface area contributed by atoms with Crippen LogP contribution in [-0.2, 0) is 6.42 Å². The number of aromatic nitrogens is 5. The molecule has 7 heteroatoms. The van der Waals surface area contributed by atoms with Crippen molar-refractivity contribution in [1.29, 1.82) is 0 Å². The van der Waals surface area contributed by atoms with E-state index >= 15 is 0 Å². The molecule has 0 fully saturated rings. The Hall–Kier alpha value is -3.97. The average Bonchev–Trinajstić information content (AvgIpc) is 3.52. The minimum atomic E-state index is 0.112. The van der Waals surface area contributed by atoms with Gasteiger partial charge in [0.25, 0.3) is 0 Å². The van der Waals surface area contributed by atoms with Crippen LogP contribution in [0.5, 0.6) is 5.75 Å². The molecule has 3 N–H and O–H groups in total. The van der Waals surface area contributed by atoms with Crippen LogP contribution in [0.1, 0.15) is 16.1 Å². The highest BCUT2D eigenvalue weighted by molar-refractivity contribution is 7.11. The van der Waals surface area contributed by atoms with Crippen molar-refractivity contribution in [3.05, 3.63) is 88.7 Å². The third kappa shape index (κ3) is 3.06. The summed E-state index contributed by atoms with van der Waals surface area (Å²) in [5.41, 5.74) is 7.73. The number of hydrogen-bond acceptors (Lipinski definition) is 5. The van der Waals surface area contributed by atoms with Gasteiger partial charge in [0.15, 0.2) is 0 Å². The van der Waals surface area contributed by atoms with Crippen LogP contribution in [-0.4, -0.2) is 30.3 Å². The van der Waals surface area contributed by atoms with Gasteiger partial charge in [0.2, 0.25) is 0 Å². The van der Waals surface area contributed by atoms with Crippen LogP contribution in [0, 0.1) is 0 Å². The molecule has 0 atom stereocenters. The van der Waals surface area contributed by atoms with Gasteiger partial charge in [-0.15, -0.1) is 11.3 Å². The summed E-state index contributed by atoms with van der Waals surface area (Å²) in [6.45, 7) is 0. The van der Waals surface area contributed by atoms with Crippen molar-refractivity contribution in [3.8, 4) is 28.4 Å². The number of nitrogens with one attached hydrogen (secondary N) is 2. The van der Waals surface area contributed by atoms with E-state index in [1.165, 1.54) is 27.9 Å². The molecule has 1 aliphatic rings. The van der Waals surface area contributed by atoms with Crippen LogP contribution >= 0.6 is 11.3 Å². The number of nitrogens with zero attached hydrogens (tertiary/aromatic N) is 3. The topological polar surface area (TPSA) is 90.5 Å². The predicted octanol–water partition coefficient (Wildman–Crippen LogP) is 5.33. The number of rotatable bonds is 3. The molecular formula is C24H17N5OS. The summed E-state index contributed by atoms with van der Waals surface area (Å²) >= 11 is 1.74. The number of thiophene rings is 1. The molecule has 6 rings (SSSR count). The second-order valence-corrected chi connectivity index (χ2v) is 8.33. The summed E-state index contributed by atoms with van der Waals surface area (Å²) in [5, 5.41) is 20.5. The molecule has 31 heavy (non-hydrogen) atoms. The molecule has 0 saturated heterocycles. The Labute approximate surface area is 181 Å². The third-order valence-corrected chi connectivity index (χ3v) is 6.32. The summed E-state index contributed by atoms with van der Waals surface area (Å²) in [6.07, 6.45) is 12.2. The van der Waals surface area contributed by atoms with Gasteiger partial charge in [0, 0.05) is 45.3 Å². The van der Waals surface area contributed by atoms with Crippen molar-refractivity contribution in [2.24, 2.45) is 0 Å². The van der Waals surface area contributed by atoms with Gasteiger partial charge in [-0.3, -0.25) is 15.1 Å². The zero-order valence-corrected chi connectivity index (χ0v) is 17.1. The van der Waals surface area contributed by atoms with E-state index in [0.29, 0.717) is 0 Å². The van der Waals surface area contributed by atoms with E-state index in [0.717, 1.165) is 40.0 Å². The minimum absolute atomic E-state index is 0.112. The maximum Gasteiger partial charge on any atom is 0.134 e. The van der Waals surface area contributed by atoms with Crippen LogP contribution < -0.4 is 0 Å². The Bertz CT molecular complexity index is 1470. The molecule has 0 aliphatic heterocycles. The lowest BCUT2D eigenvalue weighted by molar-refractivity contribution is 0.473. The summed E-state index contributed by atoms with van der Waals surface area (Å²) in [7, 11) is 0. The van der Waals surface area contributed by atoms with Crippen molar-refractivity contribution >= 4 is 27.8 Å². The van der Waals surface area contributed by atoms with Gasteiger partial charge in [-0.05, 0) is 29.6 Å². The Balaban J connectivity index is 1.48. The van der Waals surface area contributed by atoms with Crippen LogP contribution in [0.2, 0.25) is 0 Å². The highest BCUT2D eigenvalue weighted by atomic mass is 32.1. The average molecular weight is 424 g/mol. The first-order valence-electron chi connectivity index (χ1n) is 9.88. The molecule has 0 spiro atoms. The number of H-pyrrole nitrogens is 2. The monoisotopic (exact) mass is 423 g/mol. The van der Waals surface area contributed by atoms with E-state index in [-0.39, 0.29) is 5.75 Å². The molecule has 1 aliphatic carbocycles.